The summed E-state index contributed by atoms with van der Waals surface area (Å²) < 4.78 is 0. The minimum atomic E-state index is 0.872. The molecule has 0 radical (unpaired) electrons. The van der Waals surface area contributed by atoms with Crippen LogP contribution in [0.3, 0.4) is 0 Å². The Labute approximate surface area is 90.1 Å². The molecule has 0 aromatic carbocycles. The number of hydrogen-bond donors (Lipinski definition) is 0. The molecule has 0 amide bonds. The van der Waals surface area contributed by atoms with Crippen molar-refractivity contribution in [1.29, 1.82) is 0 Å². The minimum absolute atomic E-state index is 0.872. The van der Waals surface area contributed by atoms with Gasteiger partial charge in [0.05, 0.1) is 0 Å². The lowest BCUT2D eigenvalue weighted by molar-refractivity contribution is 0.356. The molecule has 0 nitrogen and oxygen atoms in total. The Balaban J connectivity index is 0.000000791. The van der Waals surface area contributed by atoms with Crippen molar-refractivity contribution in [2.24, 2.45) is 11.8 Å². The van der Waals surface area contributed by atoms with Crippen LogP contribution in [0.2, 0.25) is 0 Å². The van der Waals surface area contributed by atoms with Gasteiger partial charge in [-0.1, -0.05) is 38.2 Å². The van der Waals surface area contributed by atoms with Crippen LogP contribution in [-0.4, -0.2) is 0 Å². The summed E-state index contributed by atoms with van der Waals surface area (Å²) in [4.78, 5) is 0. The van der Waals surface area contributed by atoms with Gasteiger partial charge in [0.25, 0.3) is 0 Å². The van der Waals surface area contributed by atoms with E-state index in [1.54, 1.807) is 0 Å². The number of rotatable bonds is 2. The van der Waals surface area contributed by atoms with Gasteiger partial charge in [0.15, 0.2) is 0 Å². The van der Waals surface area contributed by atoms with Crippen LogP contribution in [0, 0.1) is 11.8 Å². The largest absolute Gasteiger partial charge is 0.0914 e. The zero-order valence-corrected chi connectivity index (χ0v) is 10.3. The second-order valence-corrected chi connectivity index (χ2v) is 3.73. The van der Waals surface area contributed by atoms with Crippen molar-refractivity contribution in [3.05, 3.63) is 24.3 Å². The molecule has 0 aliphatic heterocycles. The Hall–Kier alpha value is -0.520. The first-order valence-electron chi connectivity index (χ1n) is 6.12. The van der Waals surface area contributed by atoms with E-state index >= 15 is 0 Å². The van der Waals surface area contributed by atoms with Gasteiger partial charge < -0.3 is 0 Å². The molecule has 1 saturated carbocycles. The molecule has 14 heavy (non-hydrogen) atoms. The summed E-state index contributed by atoms with van der Waals surface area (Å²) >= 11 is 0. The highest BCUT2D eigenvalue weighted by atomic mass is 14.2. The fourth-order valence-electron chi connectivity index (χ4n) is 2.07. The molecule has 0 aromatic rings. The second-order valence-electron chi connectivity index (χ2n) is 3.73. The predicted octanol–water partition coefficient (Wildman–Crippen LogP) is 4.97. The standard InChI is InChI=1S/C12H20.C2H6/c1-3-5-11-7-9-12(6-4-2)10-8-11;1-2/h3-6,11-12H,7-10H2,1-2H3;1-2H3. The maximum absolute atomic E-state index is 2.37. The molecule has 0 N–H and O–H groups in total. The fraction of sp³-hybridized carbons (Fsp3) is 0.714. The first-order valence-corrected chi connectivity index (χ1v) is 6.12. The molecule has 0 bridgehead atoms. The fourth-order valence-corrected chi connectivity index (χ4v) is 2.07. The molecule has 0 heteroatoms. The summed E-state index contributed by atoms with van der Waals surface area (Å²) in [7, 11) is 0. The Morgan fingerprint density at radius 2 is 1.00 bits per heavy atom. The van der Waals surface area contributed by atoms with E-state index in [0.717, 1.165) is 11.8 Å². The van der Waals surface area contributed by atoms with Crippen molar-refractivity contribution in [3.63, 3.8) is 0 Å². The molecule has 0 atom stereocenters. The van der Waals surface area contributed by atoms with Gasteiger partial charge in [-0.2, -0.15) is 0 Å². The van der Waals surface area contributed by atoms with Gasteiger partial charge in [0, 0.05) is 0 Å². The molecule has 1 aliphatic carbocycles. The van der Waals surface area contributed by atoms with E-state index in [1.165, 1.54) is 25.7 Å². The average molecular weight is 194 g/mol. The zero-order valence-electron chi connectivity index (χ0n) is 10.3. The Kier molecular flexibility index (Phi) is 8.72. The van der Waals surface area contributed by atoms with Crippen LogP contribution in [0.4, 0.5) is 0 Å². The summed E-state index contributed by atoms with van der Waals surface area (Å²) in [5, 5.41) is 0. The summed E-state index contributed by atoms with van der Waals surface area (Å²) in [6, 6.07) is 0. The maximum atomic E-state index is 2.37. The molecule has 82 valence electrons. The Morgan fingerprint density at radius 1 is 0.714 bits per heavy atom. The van der Waals surface area contributed by atoms with Crippen LogP contribution in [0.1, 0.15) is 53.4 Å². The van der Waals surface area contributed by atoms with Crippen LogP contribution in [0.5, 0.6) is 0 Å². The highest BCUT2D eigenvalue weighted by Gasteiger charge is 2.16. The van der Waals surface area contributed by atoms with Gasteiger partial charge in [-0.15, -0.1) is 0 Å². The smallest absolute Gasteiger partial charge is 0.0233 e. The lowest BCUT2D eigenvalue weighted by Crippen LogP contribution is -2.10. The van der Waals surface area contributed by atoms with Gasteiger partial charge in [0.1, 0.15) is 0 Å². The molecule has 0 unspecified atom stereocenters. The monoisotopic (exact) mass is 194 g/mol. The van der Waals surface area contributed by atoms with Gasteiger partial charge in [-0.25, -0.2) is 0 Å². The van der Waals surface area contributed by atoms with E-state index in [2.05, 4.69) is 38.2 Å². The van der Waals surface area contributed by atoms with E-state index in [0.29, 0.717) is 0 Å². The van der Waals surface area contributed by atoms with Crippen LogP contribution < -0.4 is 0 Å². The zero-order chi connectivity index (χ0) is 10.8. The van der Waals surface area contributed by atoms with Crippen LogP contribution in [0.25, 0.3) is 0 Å². The van der Waals surface area contributed by atoms with Gasteiger partial charge in [-0.05, 0) is 51.4 Å². The SMILES string of the molecule is CC.CC=CC1CCC(C=CC)CC1. The topological polar surface area (TPSA) is 0 Å². The Bertz CT molecular complexity index is 137. The van der Waals surface area contributed by atoms with Crippen molar-refractivity contribution in [3.8, 4) is 0 Å². The van der Waals surface area contributed by atoms with E-state index in [-0.39, 0.29) is 0 Å². The molecule has 0 saturated heterocycles. The predicted molar refractivity (Wildman–Crippen MR) is 66.4 cm³/mol. The third-order valence-electron chi connectivity index (χ3n) is 2.75. The van der Waals surface area contributed by atoms with E-state index in [9.17, 15) is 0 Å². The number of allylic oxidation sites excluding steroid dienone is 4. The molecule has 1 aliphatic rings. The van der Waals surface area contributed by atoms with Gasteiger partial charge in [0.2, 0.25) is 0 Å². The quantitative estimate of drug-likeness (QED) is 0.544. The number of hydrogen-bond acceptors (Lipinski definition) is 0. The second kappa shape index (κ2) is 9.05. The van der Waals surface area contributed by atoms with Crippen LogP contribution in [0.15, 0.2) is 24.3 Å². The van der Waals surface area contributed by atoms with Crippen molar-refractivity contribution < 1.29 is 0 Å². The Morgan fingerprint density at radius 3 is 1.21 bits per heavy atom. The van der Waals surface area contributed by atoms with Crippen molar-refractivity contribution in [2.75, 3.05) is 0 Å². The average Bonchev–Trinajstić information content (AvgIpc) is 2.25. The molecule has 0 spiro atoms. The molecule has 1 rings (SSSR count). The van der Waals surface area contributed by atoms with Crippen molar-refractivity contribution in [1.82, 2.24) is 0 Å². The maximum Gasteiger partial charge on any atom is -0.0233 e. The van der Waals surface area contributed by atoms with Crippen molar-refractivity contribution in [2.45, 2.75) is 53.4 Å². The van der Waals surface area contributed by atoms with E-state index < -0.39 is 0 Å². The summed E-state index contributed by atoms with van der Waals surface area (Å²) in [6.07, 6.45) is 14.7. The van der Waals surface area contributed by atoms with E-state index in [4.69, 9.17) is 0 Å². The first kappa shape index (κ1) is 13.5. The normalized spacial score (nSPS) is 27.7. The molecule has 1 fully saturated rings. The highest BCUT2D eigenvalue weighted by molar-refractivity contribution is 4.94. The van der Waals surface area contributed by atoms with Gasteiger partial charge in [-0.3, -0.25) is 0 Å². The third kappa shape index (κ3) is 5.26. The summed E-state index contributed by atoms with van der Waals surface area (Å²) in [6.45, 7) is 8.25. The molecular formula is C14H26. The molecular weight excluding hydrogens is 168 g/mol. The van der Waals surface area contributed by atoms with Crippen molar-refractivity contribution >= 4 is 0 Å². The van der Waals surface area contributed by atoms with Gasteiger partial charge >= 0.3 is 0 Å². The molecule has 0 aromatic heterocycles. The van der Waals surface area contributed by atoms with Crippen LogP contribution >= 0.6 is 0 Å². The third-order valence-corrected chi connectivity index (χ3v) is 2.75. The lowest BCUT2D eigenvalue weighted by atomic mass is 9.82. The first-order chi connectivity index (χ1) is 6.86. The minimum Gasteiger partial charge on any atom is -0.0914 e. The highest BCUT2D eigenvalue weighted by Crippen LogP contribution is 2.30. The lowest BCUT2D eigenvalue weighted by Gasteiger charge is -2.24. The summed E-state index contributed by atoms with van der Waals surface area (Å²) in [5.41, 5.74) is 0. The summed E-state index contributed by atoms with van der Waals surface area (Å²) in [5.74, 6) is 1.74. The van der Waals surface area contributed by atoms with Crippen LogP contribution in [-0.2, 0) is 0 Å². The van der Waals surface area contributed by atoms with E-state index in [1.807, 2.05) is 13.8 Å². The molecule has 0 heterocycles.